The number of thiazole rings is 1. The number of nitrogens with zero attached hydrogens (tertiary/aromatic N) is 2. The molecule has 2 aromatic heterocycles. The number of benzene rings is 3. The van der Waals surface area contributed by atoms with Crippen LogP contribution < -0.4 is 4.90 Å². The Bertz CT molecular complexity index is 1760. The van der Waals surface area contributed by atoms with Gasteiger partial charge in [0.1, 0.15) is 11.3 Å². The van der Waals surface area contributed by atoms with Gasteiger partial charge in [0, 0.05) is 15.9 Å². The fourth-order valence-corrected chi connectivity index (χ4v) is 5.66. The van der Waals surface area contributed by atoms with Crippen LogP contribution in [0.3, 0.4) is 0 Å². The molecule has 3 heterocycles. The lowest BCUT2D eigenvalue weighted by Gasteiger charge is -2.24. The SMILES string of the molecule is O=C(C1=C(O)C(=O)N(c2nc3cc(F)c(F)cc3s2)C1c1ccc(O)cc1)c1cc2cc(Br)ccc2o1. The van der Waals surface area contributed by atoms with Crippen molar-refractivity contribution in [2.45, 2.75) is 6.04 Å². The molecule has 2 N–H and O–H groups in total. The Hall–Kier alpha value is -4.09. The molecule has 3 aromatic carbocycles. The normalized spacial score (nSPS) is 15.9. The number of amides is 1. The van der Waals surface area contributed by atoms with E-state index in [2.05, 4.69) is 20.9 Å². The summed E-state index contributed by atoms with van der Waals surface area (Å²) in [5.74, 6) is -4.76. The number of phenolic OH excluding ortho intramolecular Hbond substituents is 1. The van der Waals surface area contributed by atoms with Crippen LogP contribution in [0.1, 0.15) is 22.2 Å². The highest BCUT2D eigenvalue weighted by molar-refractivity contribution is 9.10. The first-order valence-corrected chi connectivity index (χ1v) is 12.4. The van der Waals surface area contributed by atoms with Gasteiger partial charge >= 0.3 is 0 Å². The number of aromatic hydroxyl groups is 1. The van der Waals surface area contributed by atoms with Crippen molar-refractivity contribution in [2.75, 3.05) is 4.90 Å². The van der Waals surface area contributed by atoms with E-state index in [1.165, 1.54) is 30.3 Å². The molecule has 0 radical (unpaired) electrons. The monoisotopic (exact) mass is 582 g/mol. The average molecular weight is 583 g/mol. The first-order valence-electron chi connectivity index (χ1n) is 10.8. The predicted molar refractivity (Wildman–Crippen MR) is 136 cm³/mol. The van der Waals surface area contributed by atoms with E-state index in [4.69, 9.17) is 4.42 Å². The van der Waals surface area contributed by atoms with Crippen LogP contribution in [-0.4, -0.2) is 26.9 Å². The molecule has 1 aliphatic rings. The molecule has 6 rings (SSSR count). The summed E-state index contributed by atoms with van der Waals surface area (Å²) >= 11 is 4.26. The maximum Gasteiger partial charge on any atom is 0.296 e. The van der Waals surface area contributed by atoms with Crippen molar-refractivity contribution in [3.8, 4) is 5.75 Å². The molecular formula is C26H13BrF2N2O5S. The minimum Gasteiger partial charge on any atom is -0.508 e. The molecule has 1 atom stereocenters. The fraction of sp³-hybridized carbons (Fsp3) is 0.0385. The number of furan rings is 1. The van der Waals surface area contributed by atoms with E-state index in [0.717, 1.165) is 32.8 Å². The quantitative estimate of drug-likeness (QED) is 0.232. The Morgan fingerprint density at radius 1 is 1.03 bits per heavy atom. The Morgan fingerprint density at radius 2 is 1.76 bits per heavy atom. The van der Waals surface area contributed by atoms with Gasteiger partial charge in [0.25, 0.3) is 5.91 Å². The number of aliphatic hydroxyl groups is 1. The van der Waals surface area contributed by atoms with Crippen molar-refractivity contribution in [1.82, 2.24) is 4.98 Å². The molecule has 1 amide bonds. The standard InChI is InChI=1S/C26H13BrF2N2O5S/c27-13-3-6-18-12(7-13)8-19(36-18)23(33)21-22(11-1-4-14(32)5-2-11)31(25(35)24(21)34)26-30-17-9-15(28)16(29)10-20(17)37-26/h1-10,22,32,34H. The van der Waals surface area contributed by atoms with E-state index in [-0.39, 0.29) is 32.4 Å². The molecule has 0 saturated heterocycles. The number of phenols is 1. The number of Topliss-reactive ketones (excluding diaryl/α,β-unsaturated/α-hetero) is 1. The number of aliphatic hydroxyl groups excluding tert-OH is 1. The van der Waals surface area contributed by atoms with Crippen molar-refractivity contribution in [1.29, 1.82) is 0 Å². The molecule has 1 aliphatic heterocycles. The highest BCUT2D eigenvalue weighted by Crippen LogP contribution is 2.45. The molecule has 1 unspecified atom stereocenters. The predicted octanol–water partition coefficient (Wildman–Crippen LogP) is 6.57. The number of fused-ring (bicyclic) bond motifs is 2. The number of hydrogen-bond acceptors (Lipinski definition) is 7. The highest BCUT2D eigenvalue weighted by Gasteiger charge is 2.46. The molecule has 0 bridgehead atoms. The van der Waals surface area contributed by atoms with Gasteiger partial charge in [-0.3, -0.25) is 14.5 Å². The lowest BCUT2D eigenvalue weighted by Crippen LogP contribution is -2.30. The van der Waals surface area contributed by atoms with Crippen LogP contribution in [0.2, 0.25) is 0 Å². The minimum atomic E-state index is -1.16. The van der Waals surface area contributed by atoms with Gasteiger partial charge in [-0.25, -0.2) is 13.8 Å². The van der Waals surface area contributed by atoms with Gasteiger partial charge in [-0.2, -0.15) is 0 Å². The maximum absolute atomic E-state index is 13.8. The second-order valence-corrected chi connectivity index (χ2v) is 10.2. The summed E-state index contributed by atoms with van der Waals surface area (Å²) in [7, 11) is 0. The molecular weight excluding hydrogens is 570 g/mol. The molecule has 0 fully saturated rings. The fourth-order valence-electron chi connectivity index (χ4n) is 4.28. The van der Waals surface area contributed by atoms with Gasteiger partial charge in [-0.05, 0) is 48.0 Å². The Morgan fingerprint density at radius 3 is 2.51 bits per heavy atom. The largest absolute Gasteiger partial charge is 0.508 e. The summed E-state index contributed by atoms with van der Waals surface area (Å²) in [6.07, 6.45) is 0. The zero-order valence-electron chi connectivity index (χ0n) is 18.4. The number of halogens is 3. The van der Waals surface area contributed by atoms with Crippen molar-refractivity contribution in [2.24, 2.45) is 0 Å². The first-order chi connectivity index (χ1) is 17.7. The van der Waals surface area contributed by atoms with Gasteiger partial charge in [-0.1, -0.05) is 39.4 Å². The van der Waals surface area contributed by atoms with E-state index in [1.807, 2.05) is 0 Å². The van der Waals surface area contributed by atoms with Crippen molar-refractivity contribution in [3.63, 3.8) is 0 Å². The summed E-state index contributed by atoms with van der Waals surface area (Å²) in [4.78, 5) is 32.4. The number of carbonyl (C=O) groups excluding carboxylic acids is 2. The maximum atomic E-state index is 13.8. The third-order valence-corrected chi connectivity index (χ3v) is 7.50. The number of anilines is 1. The molecule has 11 heteroatoms. The van der Waals surface area contributed by atoms with Crippen molar-refractivity contribution < 1.29 is 33.0 Å². The van der Waals surface area contributed by atoms with Gasteiger partial charge in [0.05, 0.1) is 21.8 Å². The molecule has 5 aromatic rings. The van der Waals surface area contributed by atoms with Crippen LogP contribution in [0.5, 0.6) is 5.75 Å². The third-order valence-electron chi connectivity index (χ3n) is 5.99. The van der Waals surface area contributed by atoms with E-state index in [0.29, 0.717) is 16.5 Å². The summed E-state index contributed by atoms with van der Waals surface area (Å²) in [6, 6.07) is 13.1. The van der Waals surface area contributed by atoms with E-state index in [1.54, 1.807) is 18.2 Å². The number of hydrogen-bond donors (Lipinski definition) is 2. The smallest absolute Gasteiger partial charge is 0.296 e. The summed E-state index contributed by atoms with van der Waals surface area (Å²) in [6.45, 7) is 0. The summed E-state index contributed by atoms with van der Waals surface area (Å²) < 4.78 is 34.4. The second kappa shape index (κ2) is 8.49. The summed E-state index contributed by atoms with van der Waals surface area (Å²) in [5.41, 5.74) is 0.668. The zero-order chi connectivity index (χ0) is 26.0. The molecule has 7 nitrogen and oxygen atoms in total. The van der Waals surface area contributed by atoms with Gasteiger partial charge in [0.15, 0.2) is 28.3 Å². The van der Waals surface area contributed by atoms with Crippen LogP contribution in [0.25, 0.3) is 21.2 Å². The molecule has 0 spiro atoms. The van der Waals surface area contributed by atoms with Gasteiger partial charge in [-0.15, -0.1) is 0 Å². The van der Waals surface area contributed by atoms with Crippen LogP contribution in [0, 0.1) is 11.6 Å². The summed E-state index contributed by atoms with van der Waals surface area (Å²) in [5, 5.41) is 21.4. The molecule has 0 aliphatic carbocycles. The van der Waals surface area contributed by atoms with Gasteiger partial charge in [0.2, 0.25) is 5.78 Å². The number of carbonyl (C=O) groups is 2. The zero-order valence-corrected chi connectivity index (χ0v) is 20.8. The van der Waals surface area contributed by atoms with Crippen LogP contribution in [0.15, 0.2) is 80.9 Å². The molecule has 0 saturated carbocycles. The lowest BCUT2D eigenvalue weighted by atomic mass is 9.95. The average Bonchev–Trinajstić information content (AvgIpc) is 3.53. The third kappa shape index (κ3) is 3.78. The second-order valence-electron chi connectivity index (χ2n) is 8.28. The van der Waals surface area contributed by atoms with Gasteiger partial charge < -0.3 is 14.6 Å². The number of rotatable bonds is 4. The van der Waals surface area contributed by atoms with Crippen LogP contribution >= 0.6 is 27.3 Å². The highest BCUT2D eigenvalue weighted by atomic mass is 79.9. The van der Waals surface area contributed by atoms with E-state index < -0.39 is 35.1 Å². The topological polar surface area (TPSA) is 104 Å². The van der Waals surface area contributed by atoms with Crippen molar-refractivity contribution >= 4 is 65.3 Å². The van der Waals surface area contributed by atoms with Crippen LogP contribution in [0.4, 0.5) is 13.9 Å². The van der Waals surface area contributed by atoms with Crippen molar-refractivity contribution in [3.05, 3.63) is 99.4 Å². The van der Waals surface area contributed by atoms with Crippen LogP contribution in [-0.2, 0) is 4.79 Å². The number of ketones is 1. The van der Waals surface area contributed by atoms with E-state index in [9.17, 15) is 28.6 Å². The Balaban J connectivity index is 1.51. The van der Waals surface area contributed by atoms with E-state index >= 15 is 0 Å². The minimum absolute atomic E-state index is 0.0194. The lowest BCUT2D eigenvalue weighted by molar-refractivity contribution is -0.117. The molecule has 184 valence electrons. The molecule has 37 heavy (non-hydrogen) atoms. The number of aromatic nitrogens is 1. The first kappa shape index (κ1) is 23.3. The Labute approximate surface area is 219 Å². The Kier molecular flexibility index (Phi) is 5.35.